The third-order valence-electron chi connectivity index (χ3n) is 4.13. The maximum atomic E-state index is 13.0. The first kappa shape index (κ1) is 19.0. The number of halogens is 1. The van der Waals surface area contributed by atoms with Crippen molar-refractivity contribution in [2.24, 2.45) is 4.99 Å². The summed E-state index contributed by atoms with van der Waals surface area (Å²) in [6.45, 7) is 6.31. The van der Waals surface area contributed by atoms with Crippen LogP contribution in [-0.2, 0) is 9.53 Å². The Labute approximate surface area is 148 Å². The highest BCUT2D eigenvalue weighted by atomic mass is 19.1. The van der Waals surface area contributed by atoms with Crippen molar-refractivity contribution in [3.8, 4) is 0 Å². The lowest BCUT2D eigenvalue weighted by atomic mass is 10.2. The third-order valence-corrected chi connectivity index (χ3v) is 4.13. The number of hydrogen-bond donors (Lipinski definition) is 1. The van der Waals surface area contributed by atoms with Gasteiger partial charge >= 0.3 is 5.97 Å². The van der Waals surface area contributed by atoms with Gasteiger partial charge in [-0.2, -0.15) is 0 Å². The topological polar surface area (TPSA) is 57.2 Å². The van der Waals surface area contributed by atoms with Gasteiger partial charge in [-0.3, -0.25) is 9.79 Å². The summed E-state index contributed by atoms with van der Waals surface area (Å²) < 4.78 is 17.9. The van der Waals surface area contributed by atoms with E-state index in [4.69, 9.17) is 4.74 Å². The van der Waals surface area contributed by atoms with E-state index in [0.29, 0.717) is 26.0 Å². The van der Waals surface area contributed by atoms with E-state index in [1.54, 1.807) is 7.05 Å². The van der Waals surface area contributed by atoms with Crippen molar-refractivity contribution in [2.75, 3.05) is 51.3 Å². The molecule has 0 unspecified atom stereocenters. The van der Waals surface area contributed by atoms with Crippen molar-refractivity contribution in [3.63, 3.8) is 0 Å². The largest absolute Gasteiger partial charge is 0.466 e. The lowest BCUT2D eigenvalue weighted by Crippen LogP contribution is -2.52. The summed E-state index contributed by atoms with van der Waals surface area (Å²) in [4.78, 5) is 20.1. The van der Waals surface area contributed by atoms with E-state index in [1.165, 1.54) is 12.1 Å². The number of benzene rings is 1. The van der Waals surface area contributed by atoms with Gasteiger partial charge in [0.25, 0.3) is 0 Å². The SMILES string of the molecule is CCOC(=O)CCCNC(=NC)N1CCN(c2ccc(F)cc2)CC1. The number of ether oxygens (including phenoxy) is 1. The van der Waals surface area contributed by atoms with Crippen LogP contribution in [-0.4, -0.2) is 63.2 Å². The van der Waals surface area contributed by atoms with Gasteiger partial charge in [0.1, 0.15) is 5.82 Å². The van der Waals surface area contributed by atoms with Gasteiger partial charge < -0.3 is 19.9 Å². The Hall–Kier alpha value is -2.31. The van der Waals surface area contributed by atoms with Crippen LogP contribution in [0, 0.1) is 5.82 Å². The second kappa shape index (κ2) is 9.86. The molecule has 1 aromatic carbocycles. The number of carbonyl (C=O) groups is 1. The van der Waals surface area contributed by atoms with E-state index in [1.807, 2.05) is 19.1 Å². The molecule has 1 saturated heterocycles. The van der Waals surface area contributed by atoms with E-state index in [-0.39, 0.29) is 11.8 Å². The first-order valence-electron chi connectivity index (χ1n) is 8.75. The Balaban J connectivity index is 1.74. The molecule has 1 aromatic rings. The smallest absolute Gasteiger partial charge is 0.305 e. The van der Waals surface area contributed by atoms with Gasteiger partial charge in [0.15, 0.2) is 5.96 Å². The minimum absolute atomic E-state index is 0.160. The number of piperazine rings is 1. The molecule has 25 heavy (non-hydrogen) atoms. The van der Waals surface area contributed by atoms with Crippen LogP contribution in [0.2, 0.25) is 0 Å². The van der Waals surface area contributed by atoms with Crippen LogP contribution >= 0.6 is 0 Å². The first-order chi connectivity index (χ1) is 12.1. The zero-order chi connectivity index (χ0) is 18.1. The van der Waals surface area contributed by atoms with Crippen LogP contribution in [0.15, 0.2) is 29.3 Å². The number of carbonyl (C=O) groups excluding carboxylic acids is 1. The summed E-state index contributed by atoms with van der Waals surface area (Å²) in [5.74, 6) is 0.477. The molecule has 0 aliphatic carbocycles. The molecular weight excluding hydrogens is 323 g/mol. The van der Waals surface area contributed by atoms with Crippen molar-refractivity contribution in [1.29, 1.82) is 0 Å². The van der Waals surface area contributed by atoms with Crippen molar-refractivity contribution >= 4 is 17.6 Å². The van der Waals surface area contributed by atoms with Gasteiger partial charge in [0, 0.05) is 51.9 Å². The molecule has 1 aliphatic heterocycles. The second-order valence-corrected chi connectivity index (χ2v) is 5.83. The van der Waals surface area contributed by atoms with Crippen molar-refractivity contribution in [3.05, 3.63) is 30.1 Å². The Morgan fingerprint density at radius 1 is 1.24 bits per heavy atom. The van der Waals surface area contributed by atoms with E-state index in [9.17, 15) is 9.18 Å². The number of guanidine groups is 1. The molecule has 0 spiro atoms. The molecule has 6 nitrogen and oxygen atoms in total. The fraction of sp³-hybridized carbons (Fsp3) is 0.556. The third kappa shape index (κ3) is 5.92. The Morgan fingerprint density at radius 2 is 1.92 bits per heavy atom. The van der Waals surface area contributed by atoms with E-state index in [2.05, 4.69) is 20.1 Å². The number of esters is 1. The van der Waals surface area contributed by atoms with Crippen molar-refractivity contribution in [2.45, 2.75) is 19.8 Å². The molecule has 0 radical (unpaired) electrons. The number of hydrogen-bond acceptors (Lipinski definition) is 4. The molecular formula is C18H27FN4O2. The van der Waals surface area contributed by atoms with Crippen molar-refractivity contribution in [1.82, 2.24) is 10.2 Å². The highest BCUT2D eigenvalue weighted by Gasteiger charge is 2.19. The average molecular weight is 350 g/mol. The Kier molecular flexibility index (Phi) is 7.50. The minimum Gasteiger partial charge on any atom is -0.466 e. The Bertz CT molecular complexity index is 569. The van der Waals surface area contributed by atoms with Gasteiger partial charge in [-0.25, -0.2) is 4.39 Å². The van der Waals surface area contributed by atoms with Crippen LogP contribution in [0.5, 0.6) is 0 Å². The predicted molar refractivity (Wildman–Crippen MR) is 97.4 cm³/mol. The van der Waals surface area contributed by atoms with Gasteiger partial charge in [-0.1, -0.05) is 0 Å². The molecule has 0 bridgehead atoms. The van der Waals surface area contributed by atoms with Crippen LogP contribution < -0.4 is 10.2 Å². The maximum Gasteiger partial charge on any atom is 0.305 e. The zero-order valence-electron chi connectivity index (χ0n) is 15.0. The molecule has 0 amide bonds. The van der Waals surface area contributed by atoms with Gasteiger partial charge in [-0.05, 0) is 37.6 Å². The molecule has 1 N–H and O–H groups in total. The number of aliphatic imine (C=N–C) groups is 1. The minimum atomic E-state index is -0.213. The van der Waals surface area contributed by atoms with Crippen LogP contribution in [0.1, 0.15) is 19.8 Å². The Morgan fingerprint density at radius 3 is 2.52 bits per heavy atom. The second-order valence-electron chi connectivity index (χ2n) is 5.83. The molecule has 2 rings (SSSR count). The quantitative estimate of drug-likeness (QED) is 0.367. The van der Waals surface area contributed by atoms with Crippen LogP contribution in [0.3, 0.4) is 0 Å². The summed E-state index contributed by atoms with van der Waals surface area (Å²) in [6, 6.07) is 6.61. The number of nitrogens with zero attached hydrogens (tertiary/aromatic N) is 3. The predicted octanol–water partition coefficient (Wildman–Crippen LogP) is 1.87. The summed E-state index contributed by atoms with van der Waals surface area (Å²) in [6.07, 6.45) is 1.13. The normalized spacial score (nSPS) is 15.2. The summed E-state index contributed by atoms with van der Waals surface area (Å²) in [5, 5.41) is 3.30. The monoisotopic (exact) mass is 350 g/mol. The summed E-state index contributed by atoms with van der Waals surface area (Å²) in [7, 11) is 1.76. The molecule has 1 fully saturated rings. The van der Waals surface area contributed by atoms with E-state index in [0.717, 1.165) is 37.8 Å². The summed E-state index contributed by atoms with van der Waals surface area (Å²) >= 11 is 0. The number of rotatable bonds is 6. The van der Waals surface area contributed by atoms with Gasteiger partial charge in [0.2, 0.25) is 0 Å². The first-order valence-corrected chi connectivity index (χ1v) is 8.75. The fourth-order valence-electron chi connectivity index (χ4n) is 2.83. The maximum absolute atomic E-state index is 13.0. The number of nitrogens with one attached hydrogen (secondary N) is 1. The van der Waals surface area contributed by atoms with Crippen LogP contribution in [0.4, 0.5) is 10.1 Å². The zero-order valence-corrected chi connectivity index (χ0v) is 15.0. The van der Waals surface area contributed by atoms with E-state index >= 15 is 0 Å². The van der Waals surface area contributed by atoms with E-state index < -0.39 is 0 Å². The lowest BCUT2D eigenvalue weighted by molar-refractivity contribution is -0.143. The molecule has 0 aromatic heterocycles. The molecule has 7 heteroatoms. The highest BCUT2D eigenvalue weighted by Crippen LogP contribution is 2.16. The number of anilines is 1. The van der Waals surface area contributed by atoms with Gasteiger partial charge in [-0.15, -0.1) is 0 Å². The standard InChI is InChI=1S/C18H27FN4O2/c1-3-25-17(24)5-4-10-21-18(20-2)23-13-11-22(12-14-23)16-8-6-15(19)7-9-16/h6-9H,3-5,10-14H2,1-2H3,(H,20,21). The average Bonchev–Trinajstić information content (AvgIpc) is 2.63. The molecule has 1 aliphatic rings. The molecule has 1 heterocycles. The lowest BCUT2D eigenvalue weighted by Gasteiger charge is -2.37. The fourth-order valence-corrected chi connectivity index (χ4v) is 2.83. The van der Waals surface area contributed by atoms with Crippen molar-refractivity contribution < 1.29 is 13.9 Å². The summed E-state index contributed by atoms with van der Waals surface area (Å²) in [5.41, 5.74) is 1.04. The van der Waals surface area contributed by atoms with Gasteiger partial charge in [0.05, 0.1) is 6.61 Å². The molecule has 0 atom stereocenters. The van der Waals surface area contributed by atoms with Crippen LogP contribution in [0.25, 0.3) is 0 Å². The highest BCUT2D eigenvalue weighted by molar-refractivity contribution is 5.80. The molecule has 138 valence electrons. The molecule has 0 saturated carbocycles.